The van der Waals surface area contributed by atoms with Crippen molar-refractivity contribution < 1.29 is 17.6 Å². The van der Waals surface area contributed by atoms with Gasteiger partial charge in [-0.1, -0.05) is 56.3 Å². The summed E-state index contributed by atoms with van der Waals surface area (Å²) in [4.78, 5) is 18.8. The van der Waals surface area contributed by atoms with Gasteiger partial charge in [0, 0.05) is 12.0 Å². The Labute approximate surface area is 195 Å². The molecule has 0 aliphatic carbocycles. The van der Waals surface area contributed by atoms with Crippen molar-refractivity contribution in [1.82, 2.24) is 14.5 Å². The minimum Gasteiger partial charge on any atom is -0.334 e. The van der Waals surface area contributed by atoms with E-state index in [1.54, 1.807) is 9.47 Å². The maximum absolute atomic E-state index is 13.3. The summed E-state index contributed by atoms with van der Waals surface area (Å²) < 4.78 is 41.6. The summed E-state index contributed by atoms with van der Waals surface area (Å²) in [6, 6.07) is 14.9. The second kappa shape index (κ2) is 10.3. The smallest absolute Gasteiger partial charge is 0.228 e. The molecule has 0 spiro atoms. The number of halogens is 1. The summed E-state index contributed by atoms with van der Waals surface area (Å²) >= 11 is 0. The van der Waals surface area contributed by atoms with E-state index in [1.807, 2.05) is 58.0 Å². The van der Waals surface area contributed by atoms with E-state index < -0.39 is 15.7 Å². The van der Waals surface area contributed by atoms with E-state index in [0.29, 0.717) is 17.8 Å². The SMILES string of the molecule is CC(C)C(=O)N(Cc1cnc(S(=O)(=O)Cc2ccc(F)cc2)n1Cc1ccccc1)C(C)C. The minimum absolute atomic E-state index is 0.00631. The molecule has 1 amide bonds. The summed E-state index contributed by atoms with van der Waals surface area (Å²) in [6.45, 7) is 8.11. The van der Waals surface area contributed by atoms with Crippen LogP contribution in [0.15, 0.2) is 66.0 Å². The van der Waals surface area contributed by atoms with E-state index in [9.17, 15) is 17.6 Å². The fraction of sp³-hybridized carbons (Fsp3) is 0.360. The van der Waals surface area contributed by atoms with Crippen LogP contribution >= 0.6 is 0 Å². The molecule has 0 radical (unpaired) electrons. The third-order valence-corrected chi connectivity index (χ3v) is 6.96. The van der Waals surface area contributed by atoms with Crippen molar-refractivity contribution in [1.29, 1.82) is 0 Å². The van der Waals surface area contributed by atoms with Gasteiger partial charge in [-0.2, -0.15) is 0 Å². The first-order valence-corrected chi connectivity index (χ1v) is 12.6. The number of hydrogen-bond donors (Lipinski definition) is 0. The maximum Gasteiger partial charge on any atom is 0.228 e. The second-order valence-electron chi connectivity index (χ2n) is 8.70. The van der Waals surface area contributed by atoms with E-state index in [1.165, 1.54) is 30.5 Å². The Morgan fingerprint density at radius 2 is 1.64 bits per heavy atom. The van der Waals surface area contributed by atoms with Crippen molar-refractivity contribution in [2.45, 2.75) is 57.7 Å². The van der Waals surface area contributed by atoms with Gasteiger partial charge in [-0.05, 0) is 37.1 Å². The summed E-state index contributed by atoms with van der Waals surface area (Å²) in [5.41, 5.74) is 2.03. The van der Waals surface area contributed by atoms with Crippen molar-refractivity contribution >= 4 is 15.7 Å². The van der Waals surface area contributed by atoms with Gasteiger partial charge >= 0.3 is 0 Å². The average Bonchev–Trinajstić information content (AvgIpc) is 3.16. The first kappa shape index (κ1) is 24.6. The predicted molar refractivity (Wildman–Crippen MR) is 126 cm³/mol. The second-order valence-corrected chi connectivity index (χ2v) is 10.6. The molecule has 0 N–H and O–H groups in total. The molecule has 0 aliphatic heterocycles. The number of rotatable bonds is 9. The summed E-state index contributed by atoms with van der Waals surface area (Å²) in [5.74, 6) is -0.905. The Morgan fingerprint density at radius 3 is 2.21 bits per heavy atom. The number of sulfone groups is 1. The van der Waals surface area contributed by atoms with Gasteiger partial charge in [-0.15, -0.1) is 0 Å². The predicted octanol–water partition coefficient (Wildman–Crippen LogP) is 4.44. The molecule has 3 rings (SSSR count). The molecular weight excluding hydrogens is 441 g/mol. The van der Waals surface area contributed by atoms with Crippen LogP contribution in [0, 0.1) is 11.7 Å². The lowest BCUT2D eigenvalue weighted by Gasteiger charge is -2.29. The lowest BCUT2D eigenvalue weighted by Crippen LogP contribution is -2.39. The van der Waals surface area contributed by atoms with Gasteiger partial charge in [0.1, 0.15) is 5.82 Å². The summed E-state index contributed by atoms with van der Waals surface area (Å²) in [6.07, 6.45) is 1.53. The summed E-state index contributed by atoms with van der Waals surface area (Å²) in [5, 5.41) is -0.0635. The molecule has 2 aromatic carbocycles. The third-order valence-electron chi connectivity index (χ3n) is 5.37. The van der Waals surface area contributed by atoms with Crippen molar-refractivity contribution in [3.05, 3.63) is 83.4 Å². The fourth-order valence-electron chi connectivity index (χ4n) is 3.59. The van der Waals surface area contributed by atoms with Crippen molar-refractivity contribution in [2.75, 3.05) is 0 Å². The molecule has 1 heterocycles. The minimum atomic E-state index is -3.82. The van der Waals surface area contributed by atoms with Crippen LogP contribution in [0.25, 0.3) is 0 Å². The number of imidazole rings is 1. The Bertz CT molecular complexity index is 1190. The van der Waals surface area contributed by atoms with Gasteiger partial charge in [-0.25, -0.2) is 17.8 Å². The van der Waals surface area contributed by atoms with Crippen LogP contribution in [0.4, 0.5) is 4.39 Å². The molecule has 8 heteroatoms. The molecule has 0 saturated carbocycles. The summed E-state index contributed by atoms with van der Waals surface area (Å²) in [7, 11) is -3.82. The molecule has 0 atom stereocenters. The van der Waals surface area contributed by atoms with Crippen LogP contribution in [0.5, 0.6) is 0 Å². The monoisotopic (exact) mass is 471 g/mol. The highest BCUT2D eigenvalue weighted by molar-refractivity contribution is 7.90. The van der Waals surface area contributed by atoms with Crippen LogP contribution < -0.4 is 0 Å². The fourth-order valence-corrected chi connectivity index (χ4v) is 5.08. The van der Waals surface area contributed by atoms with E-state index in [2.05, 4.69) is 4.98 Å². The zero-order valence-corrected chi connectivity index (χ0v) is 20.2. The zero-order chi connectivity index (χ0) is 24.2. The zero-order valence-electron chi connectivity index (χ0n) is 19.4. The van der Waals surface area contributed by atoms with Gasteiger partial charge in [0.25, 0.3) is 0 Å². The van der Waals surface area contributed by atoms with E-state index in [4.69, 9.17) is 0 Å². The quantitative estimate of drug-likeness (QED) is 0.463. The molecule has 0 fully saturated rings. The highest BCUT2D eigenvalue weighted by Gasteiger charge is 2.27. The first-order chi connectivity index (χ1) is 15.6. The maximum atomic E-state index is 13.3. The number of aromatic nitrogens is 2. The Balaban J connectivity index is 2.02. The number of benzene rings is 2. The first-order valence-electron chi connectivity index (χ1n) is 10.9. The van der Waals surface area contributed by atoms with Gasteiger partial charge in [0.05, 0.1) is 30.7 Å². The lowest BCUT2D eigenvalue weighted by molar-refractivity contribution is -0.137. The van der Waals surface area contributed by atoms with Crippen molar-refractivity contribution in [3.63, 3.8) is 0 Å². The molecule has 33 heavy (non-hydrogen) atoms. The van der Waals surface area contributed by atoms with Crippen LogP contribution in [0.3, 0.4) is 0 Å². The normalized spacial score (nSPS) is 11.8. The van der Waals surface area contributed by atoms with Crippen molar-refractivity contribution in [3.8, 4) is 0 Å². The lowest BCUT2D eigenvalue weighted by atomic mass is 10.1. The molecule has 0 bridgehead atoms. The third kappa shape index (κ3) is 6.07. The molecule has 0 unspecified atom stereocenters. The average molecular weight is 472 g/mol. The van der Waals surface area contributed by atoms with Crippen LogP contribution in [-0.4, -0.2) is 34.8 Å². The number of nitrogens with zero attached hydrogens (tertiary/aromatic N) is 3. The molecule has 3 aromatic rings. The molecular formula is C25H30FN3O3S. The van der Waals surface area contributed by atoms with Crippen LogP contribution in [0.2, 0.25) is 0 Å². The Kier molecular flexibility index (Phi) is 7.68. The largest absolute Gasteiger partial charge is 0.334 e. The van der Waals surface area contributed by atoms with Gasteiger partial charge in [-0.3, -0.25) is 4.79 Å². The van der Waals surface area contributed by atoms with Crippen LogP contribution in [-0.2, 0) is 33.5 Å². The number of hydrogen-bond acceptors (Lipinski definition) is 4. The topological polar surface area (TPSA) is 72.3 Å². The molecule has 176 valence electrons. The molecule has 0 saturated heterocycles. The van der Waals surface area contributed by atoms with E-state index >= 15 is 0 Å². The van der Waals surface area contributed by atoms with Crippen molar-refractivity contribution in [2.24, 2.45) is 5.92 Å². The highest BCUT2D eigenvalue weighted by atomic mass is 32.2. The van der Waals surface area contributed by atoms with E-state index in [-0.39, 0.29) is 35.3 Å². The highest BCUT2D eigenvalue weighted by Crippen LogP contribution is 2.22. The standard InChI is InChI=1S/C25H30FN3O3S/c1-18(2)24(30)28(19(3)4)16-23-14-27-25(29(23)15-20-8-6-5-7-9-20)33(31,32)17-21-10-12-22(26)13-11-21/h5-14,18-19H,15-17H2,1-4H3. The number of amides is 1. The number of carbonyl (C=O) groups excluding carboxylic acids is 1. The Morgan fingerprint density at radius 1 is 1.00 bits per heavy atom. The van der Waals surface area contributed by atoms with E-state index in [0.717, 1.165) is 5.56 Å². The van der Waals surface area contributed by atoms with Crippen LogP contribution in [0.1, 0.15) is 44.5 Å². The Hall–Kier alpha value is -3.00. The number of carbonyl (C=O) groups is 1. The van der Waals surface area contributed by atoms with Gasteiger partial charge < -0.3 is 9.47 Å². The molecule has 6 nitrogen and oxygen atoms in total. The van der Waals surface area contributed by atoms with Gasteiger partial charge in [0.2, 0.25) is 20.9 Å². The molecule has 1 aromatic heterocycles. The van der Waals surface area contributed by atoms with Gasteiger partial charge in [0.15, 0.2) is 0 Å². The molecule has 0 aliphatic rings.